The average molecular weight is 379 g/mol. The molecule has 0 aliphatic carbocycles. The molecule has 0 spiro atoms. The number of hydrogen-bond acceptors (Lipinski definition) is 3. The van der Waals surface area contributed by atoms with E-state index in [-0.39, 0.29) is 11.8 Å². The number of amides is 2. The number of rotatable bonds is 3. The van der Waals surface area contributed by atoms with Crippen LogP contribution in [0.5, 0.6) is 0 Å². The van der Waals surface area contributed by atoms with E-state index in [9.17, 15) is 9.59 Å². The molecular formula is C21H25N5O2. The molecule has 0 saturated heterocycles. The number of carbonyl (C=O) groups is 2. The van der Waals surface area contributed by atoms with Gasteiger partial charge >= 0.3 is 0 Å². The molecule has 2 N–H and O–H groups in total. The summed E-state index contributed by atoms with van der Waals surface area (Å²) in [5.74, 6) is -0.0326. The van der Waals surface area contributed by atoms with Crippen LogP contribution in [0.1, 0.15) is 45.5 Å². The van der Waals surface area contributed by atoms with Crippen LogP contribution in [0.2, 0.25) is 0 Å². The summed E-state index contributed by atoms with van der Waals surface area (Å²) in [4.78, 5) is 29.8. The largest absolute Gasteiger partial charge is 0.358 e. The minimum atomic E-state index is -0.112. The Kier molecular flexibility index (Phi) is 4.45. The molecule has 1 aromatic carbocycles. The first-order valence-electron chi connectivity index (χ1n) is 9.51. The third kappa shape index (κ3) is 3.06. The van der Waals surface area contributed by atoms with Crippen molar-refractivity contribution in [2.24, 2.45) is 7.05 Å². The fourth-order valence-electron chi connectivity index (χ4n) is 3.97. The van der Waals surface area contributed by atoms with Gasteiger partial charge in [-0.3, -0.25) is 14.3 Å². The molecule has 0 saturated carbocycles. The van der Waals surface area contributed by atoms with Gasteiger partial charge in [-0.25, -0.2) is 0 Å². The molecule has 1 aliphatic heterocycles. The number of fused-ring (bicyclic) bond motifs is 3. The molecule has 4 rings (SSSR count). The van der Waals surface area contributed by atoms with Crippen LogP contribution >= 0.6 is 0 Å². The number of hydrogen-bond donors (Lipinski definition) is 2. The zero-order valence-corrected chi connectivity index (χ0v) is 16.7. The summed E-state index contributed by atoms with van der Waals surface area (Å²) in [6, 6.07) is 5.71. The maximum atomic E-state index is 12.7. The summed E-state index contributed by atoms with van der Waals surface area (Å²) in [6.45, 7) is 7.32. The Balaban J connectivity index is 1.58. The Bertz CT molecular complexity index is 1090. The van der Waals surface area contributed by atoms with E-state index in [1.807, 2.05) is 48.7 Å². The fraction of sp³-hybridized carbons (Fsp3) is 0.381. The Hall–Kier alpha value is -3.09. The highest BCUT2D eigenvalue weighted by atomic mass is 16.2. The smallest absolute Gasteiger partial charge is 0.251 e. The van der Waals surface area contributed by atoms with Crippen LogP contribution in [0.25, 0.3) is 10.9 Å². The minimum absolute atomic E-state index is 0.0797. The van der Waals surface area contributed by atoms with Crippen LogP contribution in [0.15, 0.2) is 18.2 Å². The molecule has 0 bridgehead atoms. The Morgan fingerprint density at radius 2 is 2.07 bits per heavy atom. The first kappa shape index (κ1) is 18.3. The Morgan fingerprint density at radius 3 is 2.75 bits per heavy atom. The lowest BCUT2D eigenvalue weighted by Crippen LogP contribution is -2.33. The predicted octanol–water partition coefficient (Wildman–Crippen LogP) is 2.35. The van der Waals surface area contributed by atoms with Crippen molar-refractivity contribution in [3.8, 4) is 0 Å². The van der Waals surface area contributed by atoms with E-state index in [1.165, 1.54) is 0 Å². The number of aromatic nitrogens is 3. The highest BCUT2D eigenvalue weighted by molar-refractivity contribution is 5.99. The zero-order chi connectivity index (χ0) is 20.0. The van der Waals surface area contributed by atoms with Gasteiger partial charge in [-0.15, -0.1) is 0 Å². The monoisotopic (exact) mass is 379 g/mol. The third-order valence-electron chi connectivity index (χ3n) is 5.77. The Labute approximate surface area is 163 Å². The number of nitrogens with one attached hydrogen (secondary N) is 2. The first-order chi connectivity index (χ1) is 13.3. The highest BCUT2D eigenvalue weighted by Crippen LogP contribution is 2.28. The number of aromatic amines is 1. The van der Waals surface area contributed by atoms with E-state index in [4.69, 9.17) is 0 Å². The molecule has 3 aromatic rings. The van der Waals surface area contributed by atoms with Crippen molar-refractivity contribution in [2.75, 3.05) is 6.54 Å². The van der Waals surface area contributed by atoms with Gasteiger partial charge in [0.25, 0.3) is 5.91 Å². The standard InChI is InChI=1S/C21H25N5O2/c1-12-17(13(2)25(4)24-12)10-22-21(28)15-5-6-19-16(9-15)18-11-26(14(3)27)8-7-20(18)23-19/h5-6,9,23H,7-8,10-11H2,1-4H3,(H,22,28). The van der Waals surface area contributed by atoms with Gasteiger partial charge in [-0.05, 0) is 32.0 Å². The quantitative estimate of drug-likeness (QED) is 0.733. The number of benzene rings is 1. The Morgan fingerprint density at radius 1 is 1.29 bits per heavy atom. The molecule has 0 atom stereocenters. The molecule has 0 unspecified atom stereocenters. The number of H-pyrrole nitrogens is 1. The van der Waals surface area contributed by atoms with Gasteiger partial charge in [0.1, 0.15) is 0 Å². The van der Waals surface area contributed by atoms with Crippen LogP contribution in [0.3, 0.4) is 0 Å². The zero-order valence-electron chi connectivity index (χ0n) is 16.7. The molecule has 1 aliphatic rings. The van der Waals surface area contributed by atoms with E-state index in [0.717, 1.165) is 52.1 Å². The first-order valence-corrected chi connectivity index (χ1v) is 9.51. The molecule has 0 fully saturated rings. The van der Waals surface area contributed by atoms with Gasteiger partial charge in [0.15, 0.2) is 0 Å². The van der Waals surface area contributed by atoms with E-state index >= 15 is 0 Å². The predicted molar refractivity (Wildman–Crippen MR) is 107 cm³/mol. The highest BCUT2D eigenvalue weighted by Gasteiger charge is 2.22. The summed E-state index contributed by atoms with van der Waals surface area (Å²) < 4.78 is 1.83. The van der Waals surface area contributed by atoms with Crippen LogP contribution < -0.4 is 5.32 Å². The summed E-state index contributed by atoms with van der Waals surface area (Å²) >= 11 is 0. The van der Waals surface area contributed by atoms with Crippen LogP contribution in [-0.2, 0) is 31.4 Å². The molecule has 7 nitrogen and oxygen atoms in total. The van der Waals surface area contributed by atoms with E-state index in [0.29, 0.717) is 18.7 Å². The summed E-state index contributed by atoms with van der Waals surface area (Å²) in [7, 11) is 1.90. The van der Waals surface area contributed by atoms with Gasteiger partial charge in [0.05, 0.1) is 5.69 Å². The normalized spacial score (nSPS) is 13.6. The molecule has 28 heavy (non-hydrogen) atoms. The second-order valence-electron chi connectivity index (χ2n) is 7.49. The summed E-state index contributed by atoms with van der Waals surface area (Å²) in [5, 5.41) is 8.42. The van der Waals surface area contributed by atoms with Crippen molar-refractivity contribution in [3.63, 3.8) is 0 Å². The van der Waals surface area contributed by atoms with E-state index in [1.54, 1.807) is 6.92 Å². The lowest BCUT2D eigenvalue weighted by atomic mass is 10.0. The summed E-state index contributed by atoms with van der Waals surface area (Å²) in [5.41, 5.74) is 6.93. The van der Waals surface area contributed by atoms with Crippen molar-refractivity contribution in [1.29, 1.82) is 0 Å². The maximum Gasteiger partial charge on any atom is 0.251 e. The van der Waals surface area contributed by atoms with Crippen LogP contribution in [0.4, 0.5) is 0 Å². The maximum absolute atomic E-state index is 12.7. The average Bonchev–Trinajstić information content (AvgIpc) is 3.15. The van der Waals surface area contributed by atoms with Gasteiger partial charge < -0.3 is 15.2 Å². The van der Waals surface area contributed by atoms with E-state index < -0.39 is 0 Å². The van der Waals surface area contributed by atoms with Crippen LogP contribution in [0, 0.1) is 13.8 Å². The number of aryl methyl sites for hydroxylation is 2. The molecular weight excluding hydrogens is 354 g/mol. The number of carbonyl (C=O) groups excluding carboxylic acids is 2. The molecule has 2 aromatic heterocycles. The van der Waals surface area contributed by atoms with Gasteiger partial charge in [0, 0.05) is 79.0 Å². The second-order valence-corrected chi connectivity index (χ2v) is 7.49. The topological polar surface area (TPSA) is 83.0 Å². The lowest BCUT2D eigenvalue weighted by molar-refractivity contribution is -0.129. The van der Waals surface area contributed by atoms with Gasteiger partial charge in [0.2, 0.25) is 5.91 Å². The van der Waals surface area contributed by atoms with E-state index in [2.05, 4.69) is 15.4 Å². The SMILES string of the molecule is CC(=O)N1CCc2[nH]c3ccc(C(=O)NCc4c(C)nn(C)c4C)cc3c2C1. The molecule has 146 valence electrons. The minimum Gasteiger partial charge on any atom is -0.358 e. The molecule has 0 radical (unpaired) electrons. The summed E-state index contributed by atoms with van der Waals surface area (Å²) in [6.07, 6.45) is 0.810. The molecule has 2 amide bonds. The van der Waals surface area contributed by atoms with Crippen molar-refractivity contribution >= 4 is 22.7 Å². The van der Waals surface area contributed by atoms with Gasteiger partial charge in [-0.2, -0.15) is 5.10 Å². The molecule has 7 heteroatoms. The lowest BCUT2D eigenvalue weighted by Gasteiger charge is -2.26. The van der Waals surface area contributed by atoms with Crippen molar-refractivity contribution < 1.29 is 9.59 Å². The van der Waals surface area contributed by atoms with Crippen molar-refractivity contribution in [3.05, 3.63) is 52.0 Å². The van der Waals surface area contributed by atoms with Crippen LogP contribution in [-0.4, -0.2) is 38.0 Å². The van der Waals surface area contributed by atoms with Crippen molar-refractivity contribution in [1.82, 2.24) is 25.0 Å². The second kappa shape index (κ2) is 6.82. The third-order valence-corrected chi connectivity index (χ3v) is 5.77. The fourth-order valence-corrected chi connectivity index (χ4v) is 3.97. The van der Waals surface area contributed by atoms with Crippen molar-refractivity contribution in [2.45, 2.75) is 40.3 Å². The van der Waals surface area contributed by atoms with Gasteiger partial charge in [-0.1, -0.05) is 0 Å². The number of nitrogens with zero attached hydrogens (tertiary/aromatic N) is 3. The molecule has 3 heterocycles.